The summed E-state index contributed by atoms with van der Waals surface area (Å²) in [7, 11) is 0. The van der Waals surface area contributed by atoms with Gasteiger partial charge in [-0.2, -0.15) is 0 Å². The molecule has 0 bridgehead atoms. The van der Waals surface area contributed by atoms with Crippen LogP contribution >= 0.6 is 0 Å². The Balaban J connectivity index is 2.08. The van der Waals surface area contributed by atoms with Crippen molar-refractivity contribution in [3.63, 3.8) is 0 Å². The highest BCUT2D eigenvalue weighted by Crippen LogP contribution is 2.33. The van der Waals surface area contributed by atoms with Gasteiger partial charge in [-0.3, -0.25) is 9.98 Å². The number of benzene rings is 2. The minimum atomic E-state index is 0.175. The molecule has 0 aromatic heterocycles. The van der Waals surface area contributed by atoms with Gasteiger partial charge < -0.3 is 10.2 Å². The molecule has 0 atom stereocenters. The maximum Gasteiger partial charge on any atom is 0.127 e. The number of aromatic hydroxyl groups is 2. The normalized spacial score (nSPS) is 13.1. The Morgan fingerprint density at radius 3 is 1.30 bits per heavy atom. The Hall–Kier alpha value is -2.62. The number of rotatable bonds is 10. The zero-order chi connectivity index (χ0) is 28.0. The van der Waals surface area contributed by atoms with Crippen molar-refractivity contribution in [1.82, 2.24) is 0 Å². The molecule has 4 heteroatoms. The van der Waals surface area contributed by atoms with Crippen molar-refractivity contribution >= 4 is 12.4 Å². The summed E-state index contributed by atoms with van der Waals surface area (Å²) in [6.07, 6.45) is 6.29. The smallest absolute Gasteiger partial charge is 0.127 e. The van der Waals surface area contributed by atoms with Crippen LogP contribution in [0.2, 0.25) is 0 Å². The van der Waals surface area contributed by atoms with Crippen LogP contribution in [0.5, 0.6) is 11.5 Å². The van der Waals surface area contributed by atoms with Gasteiger partial charge in [0, 0.05) is 36.6 Å². The summed E-state index contributed by atoms with van der Waals surface area (Å²) < 4.78 is 0. The van der Waals surface area contributed by atoms with Gasteiger partial charge in [-0.25, -0.2) is 0 Å². The van der Waals surface area contributed by atoms with Crippen LogP contribution in [0.25, 0.3) is 0 Å². The Labute approximate surface area is 226 Å². The van der Waals surface area contributed by atoms with Crippen LogP contribution in [0.1, 0.15) is 121 Å². The third-order valence-electron chi connectivity index (χ3n) is 6.21. The maximum absolute atomic E-state index is 10.8. The molecule has 2 aromatic rings. The highest BCUT2D eigenvalue weighted by molar-refractivity contribution is 5.85. The fourth-order valence-electron chi connectivity index (χ4n) is 4.57. The Bertz CT molecular complexity index is 1010. The van der Waals surface area contributed by atoms with E-state index in [0.29, 0.717) is 24.6 Å². The van der Waals surface area contributed by atoms with Gasteiger partial charge >= 0.3 is 0 Å². The van der Waals surface area contributed by atoms with Crippen LogP contribution < -0.4 is 0 Å². The average Bonchev–Trinajstić information content (AvgIpc) is 2.74. The first-order valence-corrected chi connectivity index (χ1v) is 13.8. The van der Waals surface area contributed by atoms with E-state index in [1.165, 1.54) is 11.1 Å². The summed E-state index contributed by atoms with van der Waals surface area (Å²) in [5.74, 6) is 1.16. The number of phenols is 2. The van der Waals surface area contributed by atoms with E-state index < -0.39 is 0 Å². The molecule has 0 spiro atoms. The molecule has 0 saturated heterocycles. The summed E-state index contributed by atoms with van der Waals surface area (Å²) in [6.45, 7) is 23.1. The number of nitrogens with zero attached hydrogens (tertiary/aromatic N) is 2. The molecule has 0 radical (unpaired) electrons. The van der Waals surface area contributed by atoms with Crippen LogP contribution in [0.15, 0.2) is 34.3 Å². The fraction of sp³-hybridized carbons (Fsp3) is 0.576. The van der Waals surface area contributed by atoms with E-state index in [-0.39, 0.29) is 22.7 Å². The summed E-state index contributed by atoms with van der Waals surface area (Å²) >= 11 is 0. The van der Waals surface area contributed by atoms with Crippen LogP contribution in [-0.4, -0.2) is 35.7 Å². The Kier molecular flexibility index (Phi) is 10.6. The summed E-state index contributed by atoms with van der Waals surface area (Å²) in [6, 6.07) is 8.39. The quantitative estimate of drug-likeness (QED) is 0.251. The largest absolute Gasteiger partial charge is 0.507 e. The lowest BCUT2D eigenvalue weighted by Crippen LogP contribution is -2.10. The minimum Gasteiger partial charge on any atom is -0.507 e. The Morgan fingerprint density at radius 2 is 1.00 bits per heavy atom. The van der Waals surface area contributed by atoms with Crippen molar-refractivity contribution in [2.24, 2.45) is 20.8 Å². The molecular formula is C33H50N2O2. The molecule has 0 saturated carbocycles. The SMILES string of the molecule is CC(C)c1cc(CC(C)(C)C)cc(C=NCCCN=Cc2cc(CC(C)(C)C)cc(C(C)C)c2O)c1O. The van der Waals surface area contributed by atoms with Gasteiger partial charge in [-0.05, 0) is 76.3 Å². The Morgan fingerprint density at radius 1 is 0.649 bits per heavy atom. The van der Waals surface area contributed by atoms with Crippen molar-refractivity contribution in [2.75, 3.05) is 13.1 Å². The van der Waals surface area contributed by atoms with Crippen molar-refractivity contribution in [1.29, 1.82) is 0 Å². The van der Waals surface area contributed by atoms with Gasteiger partial charge in [0.15, 0.2) is 0 Å². The molecule has 4 nitrogen and oxygen atoms in total. The second kappa shape index (κ2) is 12.8. The van der Waals surface area contributed by atoms with Gasteiger partial charge in [0.1, 0.15) is 11.5 Å². The van der Waals surface area contributed by atoms with Crippen LogP contribution in [-0.2, 0) is 12.8 Å². The first kappa shape index (κ1) is 30.6. The lowest BCUT2D eigenvalue weighted by molar-refractivity contribution is 0.409. The molecule has 0 unspecified atom stereocenters. The fourth-order valence-corrected chi connectivity index (χ4v) is 4.57. The van der Waals surface area contributed by atoms with E-state index in [1.54, 1.807) is 12.4 Å². The third kappa shape index (κ3) is 9.98. The summed E-state index contributed by atoms with van der Waals surface area (Å²) in [5.41, 5.74) is 6.34. The van der Waals surface area contributed by atoms with Crippen LogP contribution in [0.4, 0.5) is 0 Å². The highest BCUT2D eigenvalue weighted by Gasteiger charge is 2.18. The van der Waals surface area contributed by atoms with Crippen molar-refractivity contribution in [3.8, 4) is 11.5 Å². The lowest BCUT2D eigenvalue weighted by atomic mass is 9.85. The molecule has 0 fully saturated rings. The van der Waals surface area contributed by atoms with Gasteiger partial charge in [0.25, 0.3) is 0 Å². The molecule has 0 aliphatic rings. The highest BCUT2D eigenvalue weighted by atomic mass is 16.3. The zero-order valence-electron chi connectivity index (χ0n) is 24.9. The monoisotopic (exact) mass is 506 g/mol. The summed E-state index contributed by atoms with van der Waals surface area (Å²) in [4.78, 5) is 9.17. The van der Waals surface area contributed by atoms with Gasteiger partial charge in [0.2, 0.25) is 0 Å². The van der Waals surface area contributed by atoms with Crippen molar-refractivity contribution in [2.45, 2.75) is 100 Å². The van der Waals surface area contributed by atoms with Crippen LogP contribution in [0.3, 0.4) is 0 Å². The lowest BCUT2D eigenvalue weighted by Gasteiger charge is -2.20. The molecule has 37 heavy (non-hydrogen) atoms. The summed E-state index contributed by atoms with van der Waals surface area (Å²) in [5, 5.41) is 21.6. The number of phenolic OH excluding ortho intramolecular Hbond substituents is 2. The second-order valence-corrected chi connectivity index (χ2v) is 13.5. The average molecular weight is 507 g/mol. The topological polar surface area (TPSA) is 65.2 Å². The first-order chi connectivity index (χ1) is 17.1. The van der Waals surface area contributed by atoms with Gasteiger partial charge in [0.05, 0.1) is 0 Å². The van der Waals surface area contributed by atoms with E-state index in [0.717, 1.165) is 41.5 Å². The van der Waals surface area contributed by atoms with Crippen molar-refractivity contribution in [3.05, 3.63) is 57.6 Å². The molecule has 0 amide bonds. The number of hydrogen-bond acceptors (Lipinski definition) is 4. The predicted molar refractivity (Wildman–Crippen MR) is 160 cm³/mol. The molecule has 0 aliphatic carbocycles. The van der Waals surface area contributed by atoms with E-state index in [2.05, 4.69) is 103 Å². The third-order valence-corrected chi connectivity index (χ3v) is 6.21. The second-order valence-electron chi connectivity index (χ2n) is 13.5. The minimum absolute atomic E-state index is 0.175. The van der Waals surface area contributed by atoms with Gasteiger partial charge in [-0.15, -0.1) is 0 Å². The van der Waals surface area contributed by atoms with Crippen molar-refractivity contribution < 1.29 is 10.2 Å². The molecule has 0 aliphatic heterocycles. The van der Waals surface area contributed by atoms with E-state index in [4.69, 9.17) is 0 Å². The van der Waals surface area contributed by atoms with E-state index in [9.17, 15) is 10.2 Å². The number of aliphatic imine (C=N–C) groups is 2. The molecule has 204 valence electrons. The maximum atomic E-state index is 10.8. The van der Waals surface area contributed by atoms with E-state index in [1.807, 2.05) is 0 Å². The molecular weight excluding hydrogens is 456 g/mol. The van der Waals surface area contributed by atoms with Gasteiger partial charge in [-0.1, -0.05) is 81.4 Å². The molecule has 2 aromatic carbocycles. The first-order valence-electron chi connectivity index (χ1n) is 13.8. The molecule has 2 rings (SSSR count). The standard InChI is InChI=1S/C33H50N2O2/c1-22(2)28-16-24(18-32(5,6)7)14-26(30(28)36)20-34-12-11-13-35-21-27-15-25(19-33(8,9)10)17-29(23(3)4)31(27)37/h14-17,20-23,36-37H,11-13,18-19H2,1-10H3. The zero-order valence-corrected chi connectivity index (χ0v) is 24.9. The van der Waals surface area contributed by atoms with E-state index >= 15 is 0 Å². The van der Waals surface area contributed by atoms with Crippen LogP contribution in [0, 0.1) is 10.8 Å². The molecule has 0 heterocycles. The number of hydrogen-bond donors (Lipinski definition) is 2. The predicted octanol–water partition coefficient (Wildman–Crippen LogP) is 8.45. The molecule has 2 N–H and O–H groups in total.